The first-order chi connectivity index (χ1) is 8.95. The standard InChI is InChI=1S/C15H19NO3/c1-3-4-5-12-9-11(8-10(2)14(16)17)6-7-13(12)15(18)19/h6-9H,3-5H2,1-2H3,(H2,16,17)(H,18,19). The van der Waals surface area contributed by atoms with Gasteiger partial charge in [-0.3, -0.25) is 4.79 Å². The Morgan fingerprint density at radius 1 is 1.37 bits per heavy atom. The van der Waals surface area contributed by atoms with Gasteiger partial charge in [0, 0.05) is 5.57 Å². The van der Waals surface area contributed by atoms with Crippen molar-refractivity contribution in [2.75, 3.05) is 0 Å². The van der Waals surface area contributed by atoms with Crippen LogP contribution in [0.25, 0.3) is 6.08 Å². The Morgan fingerprint density at radius 3 is 2.58 bits per heavy atom. The number of hydrogen-bond donors (Lipinski definition) is 2. The van der Waals surface area contributed by atoms with Gasteiger partial charge in [0.05, 0.1) is 5.56 Å². The summed E-state index contributed by atoms with van der Waals surface area (Å²) in [5.74, 6) is -1.40. The van der Waals surface area contributed by atoms with Crippen molar-refractivity contribution in [3.63, 3.8) is 0 Å². The maximum Gasteiger partial charge on any atom is 0.335 e. The molecule has 0 fully saturated rings. The van der Waals surface area contributed by atoms with Gasteiger partial charge in [-0.1, -0.05) is 25.5 Å². The van der Waals surface area contributed by atoms with Crippen LogP contribution in [0.5, 0.6) is 0 Å². The van der Waals surface area contributed by atoms with Gasteiger partial charge >= 0.3 is 5.97 Å². The third-order valence-electron chi connectivity index (χ3n) is 2.93. The van der Waals surface area contributed by atoms with E-state index < -0.39 is 11.9 Å². The molecule has 0 saturated carbocycles. The maximum absolute atomic E-state index is 11.1. The summed E-state index contributed by atoms with van der Waals surface area (Å²) < 4.78 is 0. The third kappa shape index (κ3) is 4.25. The van der Waals surface area contributed by atoms with E-state index in [9.17, 15) is 9.59 Å². The highest BCUT2D eigenvalue weighted by Crippen LogP contribution is 2.17. The van der Waals surface area contributed by atoms with E-state index >= 15 is 0 Å². The number of primary amides is 1. The summed E-state index contributed by atoms with van der Waals surface area (Å²) in [4.78, 5) is 22.1. The lowest BCUT2D eigenvalue weighted by molar-refractivity contribution is -0.114. The summed E-state index contributed by atoms with van der Waals surface area (Å²) in [6.07, 6.45) is 4.32. The molecule has 0 saturated heterocycles. The second-order valence-electron chi connectivity index (χ2n) is 4.52. The summed E-state index contributed by atoms with van der Waals surface area (Å²) in [6.45, 7) is 3.70. The maximum atomic E-state index is 11.1. The van der Waals surface area contributed by atoms with Crippen LogP contribution in [0.15, 0.2) is 23.8 Å². The van der Waals surface area contributed by atoms with Crippen molar-refractivity contribution in [2.45, 2.75) is 33.1 Å². The van der Waals surface area contributed by atoms with Gasteiger partial charge in [-0.15, -0.1) is 0 Å². The Kier molecular flexibility index (Phi) is 5.30. The van der Waals surface area contributed by atoms with Crippen LogP contribution in [0.4, 0.5) is 0 Å². The van der Waals surface area contributed by atoms with Crippen molar-refractivity contribution in [3.8, 4) is 0 Å². The SMILES string of the molecule is CCCCc1cc(C=C(C)C(N)=O)ccc1C(=O)O. The Morgan fingerprint density at radius 2 is 2.05 bits per heavy atom. The van der Waals surface area contributed by atoms with E-state index in [4.69, 9.17) is 10.8 Å². The van der Waals surface area contributed by atoms with Crippen LogP contribution < -0.4 is 5.73 Å². The summed E-state index contributed by atoms with van der Waals surface area (Å²) >= 11 is 0. The van der Waals surface area contributed by atoms with Crippen LogP contribution in [0.2, 0.25) is 0 Å². The molecule has 0 radical (unpaired) electrons. The lowest BCUT2D eigenvalue weighted by atomic mass is 9.98. The lowest BCUT2D eigenvalue weighted by Crippen LogP contribution is -2.11. The van der Waals surface area contributed by atoms with Gasteiger partial charge in [0.25, 0.3) is 0 Å². The Labute approximate surface area is 112 Å². The van der Waals surface area contributed by atoms with E-state index in [-0.39, 0.29) is 0 Å². The van der Waals surface area contributed by atoms with Gasteiger partial charge in [-0.05, 0) is 43.0 Å². The molecule has 0 heterocycles. The number of carboxylic acids is 1. The number of unbranched alkanes of at least 4 members (excludes halogenated alkanes) is 1. The fourth-order valence-electron chi connectivity index (χ4n) is 1.81. The molecular weight excluding hydrogens is 242 g/mol. The van der Waals surface area contributed by atoms with Crippen LogP contribution >= 0.6 is 0 Å². The second kappa shape index (κ2) is 6.73. The molecule has 4 nitrogen and oxygen atoms in total. The highest BCUT2D eigenvalue weighted by Gasteiger charge is 2.10. The third-order valence-corrected chi connectivity index (χ3v) is 2.93. The minimum absolute atomic E-state index is 0.322. The second-order valence-corrected chi connectivity index (χ2v) is 4.52. The van der Waals surface area contributed by atoms with Gasteiger partial charge in [0.15, 0.2) is 0 Å². The zero-order valence-corrected chi connectivity index (χ0v) is 11.3. The van der Waals surface area contributed by atoms with Crippen molar-refractivity contribution in [3.05, 3.63) is 40.5 Å². The van der Waals surface area contributed by atoms with E-state index in [0.717, 1.165) is 30.4 Å². The molecule has 1 aromatic carbocycles. The molecule has 0 atom stereocenters. The number of aryl methyl sites for hydroxylation is 1. The lowest BCUT2D eigenvalue weighted by Gasteiger charge is -2.07. The van der Waals surface area contributed by atoms with E-state index in [1.54, 1.807) is 25.1 Å². The van der Waals surface area contributed by atoms with Gasteiger partial charge < -0.3 is 10.8 Å². The van der Waals surface area contributed by atoms with Crippen LogP contribution in [0.3, 0.4) is 0 Å². The Balaban J connectivity index is 3.14. The number of carboxylic acid groups (broad SMARTS) is 1. The molecule has 1 amide bonds. The number of carbonyl (C=O) groups is 2. The number of rotatable bonds is 6. The van der Waals surface area contributed by atoms with Crippen molar-refractivity contribution < 1.29 is 14.7 Å². The summed E-state index contributed by atoms with van der Waals surface area (Å²) in [6, 6.07) is 5.07. The number of hydrogen-bond acceptors (Lipinski definition) is 2. The average molecular weight is 261 g/mol. The zero-order chi connectivity index (χ0) is 14.4. The molecule has 0 bridgehead atoms. The molecule has 0 aliphatic rings. The molecule has 0 unspecified atom stereocenters. The Bertz CT molecular complexity index is 518. The molecule has 102 valence electrons. The van der Waals surface area contributed by atoms with Gasteiger partial charge in [0.1, 0.15) is 0 Å². The highest BCUT2D eigenvalue weighted by molar-refractivity contribution is 5.96. The van der Waals surface area contributed by atoms with Crippen molar-refractivity contribution >= 4 is 18.0 Å². The predicted octanol–water partition coefficient (Wildman–Crippen LogP) is 2.62. The van der Waals surface area contributed by atoms with Gasteiger partial charge in [-0.25, -0.2) is 4.79 Å². The fourth-order valence-corrected chi connectivity index (χ4v) is 1.81. The zero-order valence-electron chi connectivity index (χ0n) is 11.3. The average Bonchev–Trinajstić information content (AvgIpc) is 2.35. The first kappa shape index (κ1) is 15.0. The number of carbonyl (C=O) groups excluding carboxylic acids is 1. The topological polar surface area (TPSA) is 80.4 Å². The van der Waals surface area contributed by atoms with Crippen LogP contribution in [-0.4, -0.2) is 17.0 Å². The van der Waals surface area contributed by atoms with Gasteiger partial charge in [-0.2, -0.15) is 0 Å². The van der Waals surface area contributed by atoms with E-state index in [0.29, 0.717) is 11.1 Å². The fraction of sp³-hybridized carbons (Fsp3) is 0.333. The van der Waals surface area contributed by atoms with E-state index in [2.05, 4.69) is 6.92 Å². The monoisotopic (exact) mass is 261 g/mol. The first-order valence-corrected chi connectivity index (χ1v) is 6.30. The van der Waals surface area contributed by atoms with Crippen LogP contribution in [0.1, 0.15) is 48.2 Å². The van der Waals surface area contributed by atoms with Gasteiger partial charge in [0.2, 0.25) is 5.91 Å². The molecule has 0 aliphatic carbocycles. The van der Waals surface area contributed by atoms with E-state index in [1.807, 2.05) is 6.07 Å². The molecule has 0 aromatic heterocycles. The molecular formula is C15H19NO3. The number of aromatic carboxylic acids is 1. The predicted molar refractivity (Wildman–Crippen MR) is 74.9 cm³/mol. The quantitative estimate of drug-likeness (QED) is 0.772. The van der Waals surface area contributed by atoms with Crippen molar-refractivity contribution in [2.24, 2.45) is 5.73 Å². The molecule has 3 N–H and O–H groups in total. The molecule has 4 heteroatoms. The molecule has 19 heavy (non-hydrogen) atoms. The molecule has 0 spiro atoms. The highest BCUT2D eigenvalue weighted by atomic mass is 16.4. The molecule has 1 aromatic rings. The first-order valence-electron chi connectivity index (χ1n) is 6.30. The molecule has 1 rings (SSSR count). The molecule has 0 aliphatic heterocycles. The summed E-state index contributed by atoms with van der Waals surface area (Å²) in [5.41, 5.74) is 7.54. The summed E-state index contributed by atoms with van der Waals surface area (Å²) in [7, 11) is 0. The smallest absolute Gasteiger partial charge is 0.335 e. The minimum atomic E-state index is -0.923. The minimum Gasteiger partial charge on any atom is -0.478 e. The van der Waals surface area contributed by atoms with Crippen molar-refractivity contribution in [1.82, 2.24) is 0 Å². The van der Waals surface area contributed by atoms with Crippen LogP contribution in [-0.2, 0) is 11.2 Å². The normalized spacial score (nSPS) is 11.4. The number of benzene rings is 1. The summed E-state index contributed by atoms with van der Waals surface area (Å²) in [5, 5.41) is 9.14. The van der Waals surface area contributed by atoms with Crippen molar-refractivity contribution in [1.29, 1.82) is 0 Å². The Hall–Kier alpha value is -2.10. The van der Waals surface area contributed by atoms with E-state index in [1.165, 1.54) is 0 Å². The van der Waals surface area contributed by atoms with Crippen LogP contribution in [0, 0.1) is 0 Å². The number of amides is 1. The largest absolute Gasteiger partial charge is 0.478 e. The number of nitrogens with two attached hydrogens (primary N) is 1.